The number of para-hydroxylation sites is 1. The van der Waals surface area contributed by atoms with Gasteiger partial charge in [0, 0.05) is 37.5 Å². The summed E-state index contributed by atoms with van der Waals surface area (Å²) in [6, 6.07) is 16.9. The van der Waals surface area contributed by atoms with Gasteiger partial charge in [0.25, 0.3) is 0 Å². The Kier molecular flexibility index (Phi) is 6.44. The Hall–Kier alpha value is -2.86. The van der Waals surface area contributed by atoms with Crippen LogP contribution >= 0.6 is 0 Å². The van der Waals surface area contributed by atoms with E-state index in [0.717, 1.165) is 16.9 Å². The zero-order chi connectivity index (χ0) is 19.1. The molecule has 2 aromatic rings. The standard InChI is InChI=1S/C21H25N3O3/c1-27-15-16-7-9-19(10-8-16)23-21(26)24-13-11-17(12-14-24)20(25)22-18-5-3-2-4-6-18/h2-10,17H,11-15H2,1H3,(H,22,25)(H,23,26). The van der Waals surface area contributed by atoms with E-state index < -0.39 is 0 Å². The fourth-order valence-electron chi connectivity index (χ4n) is 3.16. The van der Waals surface area contributed by atoms with Crippen molar-refractivity contribution in [2.75, 3.05) is 30.8 Å². The van der Waals surface area contributed by atoms with E-state index in [9.17, 15) is 9.59 Å². The van der Waals surface area contributed by atoms with Gasteiger partial charge in [0.15, 0.2) is 0 Å². The molecule has 0 radical (unpaired) electrons. The molecule has 0 unspecified atom stereocenters. The topological polar surface area (TPSA) is 70.7 Å². The molecule has 6 heteroatoms. The zero-order valence-corrected chi connectivity index (χ0v) is 15.5. The van der Waals surface area contributed by atoms with Crippen LogP contribution in [0, 0.1) is 5.92 Å². The van der Waals surface area contributed by atoms with Gasteiger partial charge in [-0.2, -0.15) is 0 Å². The number of methoxy groups -OCH3 is 1. The average Bonchev–Trinajstić information content (AvgIpc) is 2.70. The summed E-state index contributed by atoms with van der Waals surface area (Å²) in [5.74, 6) is -0.0439. The maximum absolute atomic E-state index is 12.4. The highest BCUT2D eigenvalue weighted by Gasteiger charge is 2.27. The summed E-state index contributed by atoms with van der Waals surface area (Å²) in [5.41, 5.74) is 2.61. The first-order valence-electron chi connectivity index (χ1n) is 9.15. The van der Waals surface area contributed by atoms with Crippen LogP contribution in [0.4, 0.5) is 16.2 Å². The van der Waals surface area contributed by atoms with E-state index in [0.29, 0.717) is 32.5 Å². The molecule has 0 atom stereocenters. The molecule has 2 N–H and O–H groups in total. The van der Waals surface area contributed by atoms with Gasteiger partial charge in [-0.1, -0.05) is 30.3 Å². The summed E-state index contributed by atoms with van der Waals surface area (Å²) in [6.07, 6.45) is 1.33. The first-order chi connectivity index (χ1) is 13.2. The lowest BCUT2D eigenvalue weighted by Crippen LogP contribution is -2.43. The van der Waals surface area contributed by atoms with Crippen molar-refractivity contribution in [3.63, 3.8) is 0 Å². The molecule has 0 saturated carbocycles. The Morgan fingerprint density at radius 2 is 1.59 bits per heavy atom. The minimum Gasteiger partial charge on any atom is -0.380 e. The second-order valence-corrected chi connectivity index (χ2v) is 6.68. The predicted molar refractivity (Wildman–Crippen MR) is 106 cm³/mol. The Morgan fingerprint density at radius 1 is 0.963 bits per heavy atom. The average molecular weight is 367 g/mol. The van der Waals surface area contributed by atoms with Crippen molar-refractivity contribution in [2.45, 2.75) is 19.4 Å². The Labute approximate surface area is 159 Å². The summed E-state index contributed by atoms with van der Waals surface area (Å²) >= 11 is 0. The molecule has 2 aromatic carbocycles. The van der Waals surface area contributed by atoms with E-state index >= 15 is 0 Å². The highest BCUT2D eigenvalue weighted by Crippen LogP contribution is 2.20. The lowest BCUT2D eigenvalue weighted by molar-refractivity contribution is -0.121. The normalized spacial score (nSPS) is 14.6. The van der Waals surface area contributed by atoms with Gasteiger partial charge >= 0.3 is 6.03 Å². The number of urea groups is 1. The first-order valence-corrected chi connectivity index (χ1v) is 9.15. The van der Waals surface area contributed by atoms with Gasteiger partial charge < -0.3 is 20.3 Å². The van der Waals surface area contributed by atoms with Gasteiger partial charge in [0.2, 0.25) is 5.91 Å². The number of likely N-dealkylation sites (tertiary alicyclic amines) is 1. The van der Waals surface area contributed by atoms with Crippen LogP contribution < -0.4 is 10.6 Å². The molecule has 3 amide bonds. The number of benzene rings is 2. The summed E-state index contributed by atoms with van der Waals surface area (Å²) in [5, 5.41) is 5.85. The summed E-state index contributed by atoms with van der Waals surface area (Å²) in [6.45, 7) is 1.69. The van der Waals surface area contributed by atoms with E-state index in [4.69, 9.17) is 4.74 Å². The fraction of sp³-hybridized carbons (Fsp3) is 0.333. The number of hydrogen-bond donors (Lipinski definition) is 2. The van der Waals surface area contributed by atoms with Gasteiger partial charge in [-0.25, -0.2) is 4.79 Å². The van der Waals surface area contributed by atoms with Crippen LogP contribution in [0.15, 0.2) is 54.6 Å². The van der Waals surface area contributed by atoms with Gasteiger partial charge in [0.05, 0.1) is 6.61 Å². The molecule has 0 bridgehead atoms. The van der Waals surface area contributed by atoms with Gasteiger partial charge in [-0.15, -0.1) is 0 Å². The van der Waals surface area contributed by atoms with E-state index in [1.54, 1.807) is 12.0 Å². The van der Waals surface area contributed by atoms with Crippen LogP contribution in [0.25, 0.3) is 0 Å². The summed E-state index contributed by atoms with van der Waals surface area (Å²) in [7, 11) is 1.65. The molecular formula is C21H25N3O3. The van der Waals surface area contributed by atoms with Gasteiger partial charge in [0.1, 0.15) is 0 Å². The third kappa shape index (κ3) is 5.31. The van der Waals surface area contributed by atoms with Crippen LogP contribution in [0.1, 0.15) is 18.4 Å². The maximum atomic E-state index is 12.4. The fourth-order valence-corrected chi connectivity index (χ4v) is 3.16. The minimum atomic E-state index is -0.128. The molecule has 1 aliphatic heterocycles. The quantitative estimate of drug-likeness (QED) is 0.846. The second kappa shape index (κ2) is 9.19. The molecule has 0 spiro atoms. The minimum absolute atomic E-state index is 0.0231. The Bertz CT molecular complexity index is 754. The van der Waals surface area contributed by atoms with Crippen molar-refractivity contribution in [1.29, 1.82) is 0 Å². The smallest absolute Gasteiger partial charge is 0.321 e. The number of carbonyl (C=O) groups is 2. The Balaban J connectivity index is 1.46. The molecule has 1 aliphatic rings. The number of anilines is 2. The lowest BCUT2D eigenvalue weighted by Gasteiger charge is -2.31. The van der Waals surface area contributed by atoms with E-state index in [2.05, 4.69) is 10.6 Å². The molecule has 27 heavy (non-hydrogen) atoms. The van der Waals surface area contributed by atoms with Crippen LogP contribution in [-0.4, -0.2) is 37.0 Å². The van der Waals surface area contributed by atoms with Crippen LogP contribution in [0.2, 0.25) is 0 Å². The first kappa shape index (κ1) is 18.9. The van der Waals surface area contributed by atoms with Gasteiger partial charge in [-0.05, 0) is 42.7 Å². The molecule has 142 valence electrons. The number of carbonyl (C=O) groups excluding carboxylic acids is 2. The van der Waals surface area contributed by atoms with Crippen LogP contribution in [0.5, 0.6) is 0 Å². The number of ether oxygens (including phenoxy) is 1. The van der Waals surface area contributed by atoms with Crippen molar-refractivity contribution in [1.82, 2.24) is 4.90 Å². The largest absolute Gasteiger partial charge is 0.380 e. The molecule has 1 fully saturated rings. The molecule has 0 aliphatic carbocycles. The van der Waals surface area contributed by atoms with Crippen molar-refractivity contribution in [3.05, 3.63) is 60.2 Å². The Morgan fingerprint density at radius 3 is 2.22 bits per heavy atom. The number of nitrogens with zero attached hydrogens (tertiary/aromatic N) is 1. The van der Waals surface area contributed by atoms with Crippen LogP contribution in [0.3, 0.4) is 0 Å². The molecule has 1 heterocycles. The highest BCUT2D eigenvalue weighted by atomic mass is 16.5. The van der Waals surface area contributed by atoms with E-state index in [-0.39, 0.29) is 17.9 Å². The summed E-state index contributed by atoms with van der Waals surface area (Å²) < 4.78 is 5.08. The third-order valence-corrected chi connectivity index (χ3v) is 4.71. The molecule has 3 rings (SSSR count). The van der Waals surface area contributed by atoms with Gasteiger partial charge in [-0.3, -0.25) is 4.79 Å². The van der Waals surface area contributed by atoms with E-state index in [1.807, 2.05) is 54.6 Å². The predicted octanol–water partition coefficient (Wildman–Crippen LogP) is 3.72. The monoisotopic (exact) mass is 367 g/mol. The molecule has 6 nitrogen and oxygen atoms in total. The molecule has 0 aromatic heterocycles. The number of piperidine rings is 1. The van der Waals surface area contributed by atoms with Crippen LogP contribution in [-0.2, 0) is 16.1 Å². The highest BCUT2D eigenvalue weighted by molar-refractivity contribution is 5.93. The molecule has 1 saturated heterocycles. The molecular weight excluding hydrogens is 342 g/mol. The summed E-state index contributed by atoms with van der Waals surface area (Å²) in [4.78, 5) is 26.6. The van der Waals surface area contributed by atoms with Crippen molar-refractivity contribution in [2.24, 2.45) is 5.92 Å². The third-order valence-electron chi connectivity index (χ3n) is 4.71. The second-order valence-electron chi connectivity index (χ2n) is 6.68. The SMILES string of the molecule is COCc1ccc(NC(=O)N2CCC(C(=O)Nc3ccccc3)CC2)cc1. The zero-order valence-electron chi connectivity index (χ0n) is 15.5. The van der Waals surface area contributed by atoms with Crippen molar-refractivity contribution in [3.8, 4) is 0 Å². The number of nitrogens with one attached hydrogen (secondary N) is 2. The lowest BCUT2D eigenvalue weighted by atomic mass is 9.96. The van der Waals surface area contributed by atoms with E-state index in [1.165, 1.54) is 0 Å². The number of amides is 3. The maximum Gasteiger partial charge on any atom is 0.321 e. The van der Waals surface area contributed by atoms with Crippen molar-refractivity contribution >= 4 is 23.3 Å². The number of rotatable bonds is 5. The van der Waals surface area contributed by atoms with Crippen molar-refractivity contribution < 1.29 is 14.3 Å². The number of hydrogen-bond acceptors (Lipinski definition) is 3.